The molecular formula is C46H61ClN12O10. The highest BCUT2D eigenvalue weighted by Gasteiger charge is 2.27. The molecule has 6 aromatic heterocycles. The van der Waals surface area contributed by atoms with Crippen molar-refractivity contribution in [2.75, 3.05) is 48.2 Å². The van der Waals surface area contributed by atoms with E-state index in [0.29, 0.717) is 11.5 Å². The van der Waals surface area contributed by atoms with Gasteiger partial charge in [-0.25, -0.2) is 29.1 Å². The number of hydrogen-bond acceptors (Lipinski definition) is 16. The van der Waals surface area contributed by atoms with Gasteiger partial charge in [-0.3, -0.25) is 19.4 Å². The van der Waals surface area contributed by atoms with Crippen LogP contribution in [0.4, 0.5) is 38.4 Å². The Bertz CT molecular complexity index is 2930. The second-order valence-corrected chi connectivity index (χ2v) is 18.1. The number of carbonyl (C=O) groups excluding carboxylic acids is 4. The van der Waals surface area contributed by atoms with Crippen molar-refractivity contribution in [3.05, 3.63) is 98.2 Å². The molecule has 0 bridgehead atoms. The summed E-state index contributed by atoms with van der Waals surface area (Å²) >= 11 is 6.03. The minimum Gasteiger partial charge on any atom is -0.462 e. The van der Waals surface area contributed by atoms with E-state index in [-0.39, 0.29) is 81.3 Å². The van der Waals surface area contributed by atoms with Gasteiger partial charge >= 0.3 is 24.1 Å². The van der Waals surface area contributed by atoms with Crippen LogP contribution in [0.1, 0.15) is 116 Å². The molecule has 0 aliphatic heterocycles. The van der Waals surface area contributed by atoms with E-state index in [4.69, 9.17) is 36.3 Å². The minimum atomic E-state index is -0.718. The number of nitrogen functional groups attached to an aromatic ring is 1. The number of rotatable bonds is 10. The maximum Gasteiger partial charge on any atom is 0.415 e. The van der Waals surface area contributed by atoms with Crippen molar-refractivity contribution in [2.45, 2.75) is 106 Å². The SMILES string of the molecule is CC(C)n1cccc(N)c1=O.CCOC(=O)c1cnn2c(N(C)C(=O)OC(C)(C)C)cc(Cl)nc12.CCOC(=O)c1cnn2c(N(C)C(=O)OC(C)(C)C)cc(Nc3cccn(C(C)C)c3=O)nc12. The average molecular weight is 978 g/mol. The molecule has 0 saturated heterocycles. The molecule has 0 radical (unpaired) electrons. The van der Waals surface area contributed by atoms with Crippen molar-refractivity contribution in [3.8, 4) is 0 Å². The van der Waals surface area contributed by atoms with E-state index in [1.54, 1.807) is 107 Å². The quantitative estimate of drug-likeness (QED) is 0.0757. The molecule has 0 spiro atoms. The first-order valence-corrected chi connectivity index (χ1v) is 22.2. The summed E-state index contributed by atoms with van der Waals surface area (Å²) in [7, 11) is 3.04. The predicted octanol–water partition coefficient (Wildman–Crippen LogP) is 7.71. The lowest BCUT2D eigenvalue weighted by Gasteiger charge is -2.25. The molecule has 6 rings (SSSR count). The molecule has 0 unspecified atom stereocenters. The van der Waals surface area contributed by atoms with Crippen molar-refractivity contribution >= 4 is 75.8 Å². The van der Waals surface area contributed by atoms with Gasteiger partial charge in [-0.2, -0.15) is 19.2 Å². The van der Waals surface area contributed by atoms with Crippen LogP contribution in [0.2, 0.25) is 5.15 Å². The van der Waals surface area contributed by atoms with Crippen molar-refractivity contribution in [1.29, 1.82) is 0 Å². The van der Waals surface area contributed by atoms with Crippen molar-refractivity contribution in [2.24, 2.45) is 0 Å². The smallest absolute Gasteiger partial charge is 0.415 e. The van der Waals surface area contributed by atoms with Crippen molar-refractivity contribution in [1.82, 2.24) is 38.3 Å². The van der Waals surface area contributed by atoms with Crippen LogP contribution in [-0.4, -0.2) is 101 Å². The van der Waals surface area contributed by atoms with Gasteiger partial charge in [-0.05, 0) is 107 Å². The summed E-state index contributed by atoms with van der Waals surface area (Å²) in [5.74, 6) is -0.335. The summed E-state index contributed by atoms with van der Waals surface area (Å²) in [4.78, 5) is 84.7. The standard InChI is InChI=1S/C23H30N6O5.C15H19ClN4O4.C8H12N2O/c1-8-33-21(31)15-13-24-29-18(27(7)22(32)34-23(4,5)6)12-17(26-19(15)29)25-16-10-9-11-28(14(2)3)20(16)30;1-6-23-13(21)9-8-17-20-11(7-10(16)18-12(9)20)19(5)14(22)24-15(2,3)4;1-6(2)10-5-3-4-7(9)8(10)11/h9-14H,8H2,1-7H3,(H,25,26);7-8H,6H2,1-5H3;3-6H,9H2,1-2H3. The van der Waals surface area contributed by atoms with Gasteiger partial charge in [0.2, 0.25) is 0 Å². The van der Waals surface area contributed by atoms with Crippen molar-refractivity contribution < 1.29 is 38.1 Å². The number of anilines is 5. The molecule has 6 aromatic rings. The normalized spacial score (nSPS) is 11.3. The number of aromatic nitrogens is 8. The van der Waals surface area contributed by atoms with Crippen molar-refractivity contribution in [3.63, 3.8) is 0 Å². The molecule has 2 amide bonds. The molecule has 6 heterocycles. The van der Waals surface area contributed by atoms with Crippen LogP contribution >= 0.6 is 11.6 Å². The lowest BCUT2D eigenvalue weighted by Crippen LogP contribution is -2.35. The van der Waals surface area contributed by atoms with Gasteiger partial charge in [-0.15, -0.1) is 0 Å². The fourth-order valence-corrected chi connectivity index (χ4v) is 6.22. The summed E-state index contributed by atoms with van der Waals surface area (Å²) in [6, 6.07) is 9.91. The maximum atomic E-state index is 12.9. The molecule has 0 aromatic carbocycles. The van der Waals surface area contributed by atoms with Crippen LogP contribution in [-0.2, 0) is 18.9 Å². The first-order chi connectivity index (χ1) is 32.2. The van der Waals surface area contributed by atoms with E-state index in [1.165, 1.54) is 51.4 Å². The molecule has 0 fully saturated rings. The number of amides is 2. The third-order valence-corrected chi connectivity index (χ3v) is 9.43. The summed E-state index contributed by atoms with van der Waals surface area (Å²) in [5.41, 5.74) is 4.96. The van der Waals surface area contributed by atoms with E-state index in [1.807, 2.05) is 27.7 Å². The van der Waals surface area contributed by atoms with Gasteiger partial charge in [0.15, 0.2) is 11.3 Å². The van der Waals surface area contributed by atoms with Gasteiger partial charge in [0.25, 0.3) is 11.1 Å². The topological polar surface area (TPSA) is 254 Å². The summed E-state index contributed by atoms with van der Waals surface area (Å²) < 4.78 is 26.8. The van der Waals surface area contributed by atoms with Gasteiger partial charge in [0, 0.05) is 50.7 Å². The summed E-state index contributed by atoms with van der Waals surface area (Å²) in [6.45, 7) is 22.1. The lowest BCUT2D eigenvalue weighted by molar-refractivity contribution is 0.0518. The second kappa shape index (κ2) is 22.5. The highest BCUT2D eigenvalue weighted by atomic mass is 35.5. The molecule has 0 aliphatic rings. The Morgan fingerprint density at radius 1 is 0.710 bits per heavy atom. The number of nitrogens with two attached hydrogens (primary N) is 1. The number of ether oxygens (including phenoxy) is 4. The molecular weight excluding hydrogens is 916 g/mol. The molecule has 0 atom stereocenters. The maximum absolute atomic E-state index is 12.9. The number of hydrogen-bond donors (Lipinski definition) is 2. The number of pyridine rings is 2. The Labute approximate surface area is 403 Å². The van der Waals surface area contributed by atoms with E-state index in [9.17, 15) is 28.8 Å². The zero-order valence-corrected chi connectivity index (χ0v) is 42.1. The van der Waals surface area contributed by atoms with Crippen LogP contribution in [0.3, 0.4) is 0 Å². The van der Waals surface area contributed by atoms with Gasteiger partial charge in [0.1, 0.15) is 50.6 Å². The minimum absolute atomic E-state index is 0.0381. The molecule has 372 valence electrons. The Balaban J connectivity index is 0.000000255. The number of nitrogens with zero attached hydrogens (tertiary/aromatic N) is 10. The molecule has 3 N–H and O–H groups in total. The van der Waals surface area contributed by atoms with E-state index >= 15 is 0 Å². The number of fused-ring (bicyclic) bond motifs is 2. The zero-order chi connectivity index (χ0) is 51.7. The molecule has 0 aliphatic carbocycles. The van der Waals surface area contributed by atoms with E-state index in [0.717, 1.165) is 0 Å². The van der Waals surface area contributed by atoms with Gasteiger partial charge in [0.05, 0.1) is 31.3 Å². The second-order valence-electron chi connectivity index (χ2n) is 17.7. The van der Waals surface area contributed by atoms with Gasteiger partial charge in [-0.1, -0.05) is 11.6 Å². The number of nitrogens with one attached hydrogen (secondary N) is 1. The zero-order valence-electron chi connectivity index (χ0n) is 41.4. The Morgan fingerprint density at radius 2 is 1.14 bits per heavy atom. The van der Waals surface area contributed by atoms with Gasteiger partial charge < -0.3 is 39.1 Å². The van der Waals surface area contributed by atoms with Crippen LogP contribution in [0.5, 0.6) is 0 Å². The fourth-order valence-electron chi connectivity index (χ4n) is 6.04. The average Bonchev–Trinajstić information content (AvgIpc) is 3.88. The first-order valence-electron chi connectivity index (χ1n) is 21.8. The number of esters is 2. The predicted molar refractivity (Wildman–Crippen MR) is 262 cm³/mol. The molecule has 0 saturated carbocycles. The number of carbonyl (C=O) groups is 4. The molecule has 23 heteroatoms. The Morgan fingerprint density at radius 3 is 1.58 bits per heavy atom. The van der Waals surface area contributed by atoms with Crippen LogP contribution in [0.25, 0.3) is 11.3 Å². The van der Waals surface area contributed by atoms with Crippen LogP contribution in [0, 0.1) is 0 Å². The third kappa shape index (κ3) is 13.8. The summed E-state index contributed by atoms with van der Waals surface area (Å²) in [6.07, 6.45) is 4.88. The monoisotopic (exact) mass is 976 g/mol. The van der Waals surface area contributed by atoms with Crippen LogP contribution < -0.4 is 32.0 Å². The largest absolute Gasteiger partial charge is 0.462 e. The third-order valence-electron chi connectivity index (χ3n) is 9.24. The molecule has 69 heavy (non-hydrogen) atoms. The highest BCUT2D eigenvalue weighted by molar-refractivity contribution is 6.30. The number of halogens is 1. The summed E-state index contributed by atoms with van der Waals surface area (Å²) in [5, 5.41) is 11.5. The van der Waals surface area contributed by atoms with E-state index < -0.39 is 35.3 Å². The molecule has 22 nitrogen and oxygen atoms in total. The Kier molecular flexibility index (Phi) is 17.7. The first kappa shape index (κ1) is 54.1. The highest BCUT2D eigenvalue weighted by Crippen LogP contribution is 2.26. The fraction of sp³-hybridized carbons (Fsp3) is 0.435. The lowest BCUT2D eigenvalue weighted by atomic mass is 10.2. The van der Waals surface area contributed by atoms with Crippen LogP contribution in [0.15, 0.2) is 70.8 Å². The van der Waals surface area contributed by atoms with E-state index in [2.05, 4.69) is 25.5 Å². The Hall–Kier alpha value is -7.49.